The summed E-state index contributed by atoms with van der Waals surface area (Å²) in [5.74, 6) is 0.415. The van der Waals surface area contributed by atoms with Gasteiger partial charge in [-0.05, 0) is 37.0 Å². The van der Waals surface area contributed by atoms with Crippen molar-refractivity contribution in [3.05, 3.63) is 65.7 Å². The number of unbranched alkanes of at least 4 members (excludes halogenated alkanes) is 5. The molecule has 2 rings (SSSR count). The van der Waals surface area contributed by atoms with Crippen LogP contribution in [0.3, 0.4) is 0 Å². The van der Waals surface area contributed by atoms with Crippen LogP contribution in [0.25, 0.3) is 0 Å². The lowest BCUT2D eigenvalue weighted by molar-refractivity contribution is -0.906. The van der Waals surface area contributed by atoms with Crippen molar-refractivity contribution in [1.82, 2.24) is 0 Å². The lowest BCUT2D eigenvalue weighted by atomic mass is 10.0. The largest absolute Gasteiger partial charge is 0.455 e. The summed E-state index contributed by atoms with van der Waals surface area (Å²) in [6.07, 6.45) is 8.94. The minimum absolute atomic E-state index is 0.163. The van der Waals surface area contributed by atoms with Crippen LogP contribution in [0.1, 0.15) is 76.8 Å². The van der Waals surface area contributed by atoms with Gasteiger partial charge in [-0.1, -0.05) is 88.4 Å². The highest BCUT2D eigenvalue weighted by atomic mass is 16.7. The standard InChI is InChI=1S/C30H46NO3/c1-6-8-9-10-11-13-17-26-20-16-21-29(22-26)33-25(3)34-30(32)28(7-2)24-31(4,5)23-27-18-14-12-15-19-27/h12,14-16,18-22,25,28H,6-11,13,17,23-24H2,1-5H3/q+1. The lowest BCUT2D eigenvalue weighted by Gasteiger charge is -2.33. The van der Waals surface area contributed by atoms with Gasteiger partial charge >= 0.3 is 5.97 Å². The molecule has 0 saturated heterocycles. The second kappa shape index (κ2) is 14.8. The van der Waals surface area contributed by atoms with Gasteiger partial charge in [0.05, 0.1) is 20.6 Å². The fourth-order valence-electron chi connectivity index (χ4n) is 4.47. The predicted octanol–water partition coefficient (Wildman–Crippen LogP) is 7.16. The fourth-order valence-corrected chi connectivity index (χ4v) is 4.47. The maximum Gasteiger partial charge on any atom is 0.317 e. The smallest absolute Gasteiger partial charge is 0.317 e. The Morgan fingerprint density at radius 1 is 0.882 bits per heavy atom. The van der Waals surface area contributed by atoms with Crippen LogP contribution in [0.2, 0.25) is 0 Å². The summed E-state index contributed by atoms with van der Waals surface area (Å²) in [4.78, 5) is 12.9. The summed E-state index contributed by atoms with van der Waals surface area (Å²) in [6.45, 7) is 7.70. The Morgan fingerprint density at radius 3 is 2.26 bits per heavy atom. The first-order chi connectivity index (χ1) is 16.3. The maximum absolute atomic E-state index is 12.9. The minimum atomic E-state index is -0.615. The molecule has 188 valence electrons. The second-order valence-corrected chi connectivity index (χ2v) is 10.2. The van der Waals surface area contributed by atoms with Gasteiger partial charge in [0.15, 0.2) is 0 Å². The van der Waals surface area contributed by atoms with E-state index in [0.29, 0.717) is 0 Å². The highest BCUT2D eigenvalue weighted by Crippen LogP contribution is 2.20. The highest BCUT2D eigenvalue weighted by Gasteiger charge is 2.29. The normalized spacial score (nSPS) is 13.3. The van der Waals surface area contributed by atoms with Gasteiger partial charge in [0.2, 0.25) is 6.29 Å². The van der Waals surface area contributed by atoms with Gasteiger partial charge in [-0.15, -0.1) is 0 Å². The fraction of sp³-hybridized carbons (Fsp3) is 0.567. The number of rotatable bonds is 16. The third kappa shape index (κ3) is 10.7. The molecular weight excluding hydrogens is 422 g/mol. The molecule has 0 bridgehead atoms. The van der Waals surface area contributed by atoms with Gasteiger partial charge in [0.1, 0.15) is 18.2 Å². The van der Waals surface area contributed by atoms with E-state index in [9.17, 15) is 4.79 Å². The molecule has 0 saturated carbocycles. The first kappa shape index (κ1) is 27.9. The Hall–Kier alpha value is -2.33. The lowest BCUT2D eigenvalue weighted by Crippen LogP contribution is -2.45. The molecule has 4 heteroatoms. The predicted molar refractivity (Wildman–Crippen MR) is 141 cm³/mol. The van der Waals surface area contributed by atoms with E-state index in [1.807, 2.05) is 25.1 Å². The number of esters is 1. The molecule has 0 spiro atoms. The number of benzene rings is 2. The molecule has 2 aromatic rings. The molecule has 0 N–H and O–H groups in total. The summed E-state index contributed by atoms with van der Waals surface area (Å²) in [6, 6.07) is 18.6. The number of nitrogens with zero attached hydrogens (tertiary/aromatic N) is 1. The highest BCUT2D eigenvalue weighted by molar-refractivity contribution is 5.72. The molecule has 0 aliphatic heterocycles. The van der Waals surface area contributed by atoms with Gasteiger partial charge in [-0.2, -0.15) is 0 Å². The first-order valence-corrected chi connectivity index (χ1v) is 13.1. The van der Waals surface area contributed by atoms with Crippen LogP contribution in [0.15, 0.2) is 54.6 Å². The van der Waals surface area contributed by atoms with Crippen LogP contribution in [0.5, 0.6) is 5.75 Å². The Labute approximate surface area is 207 Å². The van der Waals surface area contributed by atoms with Crippen LogP contribution in [-0.2, 0) is 22.5 Å². The topological polar surface area (TPSA) is 35.5 Å². The molecule has 2 unspecified atom stereocenters. The van der Waals surface area contributed by atoms with E-state index in [1.165, 1.54) is 49.7 Å². The quantitative estimate of drug-likeness (QED) is 0.113. The van der Waals surface area contributed by atoms with Gasteiger partial charge in [0.25, 0.3) is 0 Å². The second-order valence-electron chi connectivity index (χ2n) is 10.2. The summed E-state index contributed by atoms with van der Waals surface area (Å²) < 4.78 is 12.4. The van der Waals surface area contributed by atoms with E-state index in [-0.39, 0.29) is 11.9 Å². The van der Waals surface area contributed by atoms with E-state index in [0.717, 1.165) is 36.2 Å². The Kier molecular flexibility index (Phi) is 12.2. The first-order valence-electron chi connectivity index (χ1n) is 13.1. The molecule has 0 fully saturated rings. The zero-order chi connectivity index (χ0) is 24.8. The van der Waals surface area contributed by atoms with Gasteiger partial charge in [0, 0.05) is 12.5 Å². The molecule has 4 nitrogen and oxygen atoms in total. The van der Waals surface area contributed by atoms with Crippen molar-refractivity contribution in [2.24, 2.45) is 5.92 Å². The van der Waals surface area contributed by atoms with Crippen molar-refractivity contribution < 1.29 is 18.8 Å². The molecule has 2 aromatic carbocycles. The molecule has 0 heterocycles. The van der Waals surface area contributed by atoms with Crippen LogP contribution >= 0.6 is 0 Å². The van der Waals surface area contributed by atoms with Gasteiger partial charge < -0.3 is 14.0 Å². The zero-order valence-corrected chi connectivity index (χ0v) is 22.1. The molecular formula is C30H46NO3+. The molecule has 0 amide bonds. The summed E-state index contributed by atoms with van der Waals surface area (Å²) in [5, 5.41) is 0. The third-order valence-corrected chi connectivity index (χ3v) is 6.30. The number of ether oxygens (including phenoxy) is 2. The monoisotopic (exact) mass is 468 g/mol. The molecule has 0 aliphatic rings. The zero-order valence-electron chi connectivity index (χ0n) is 22.1. The third-order valence-electron chi connectivity index (χ3n) is 6.30. The van der Waals surface area contributed by atoms with E-state index < -0.39 is 6.29 Å². The van der Waals surface area contributed by atoms with Crippen LogP contribution in [-0.4, -0.2) is 37.4 Å². The maximum atomic E-state index is 12.9. The van der Waals surface area contributed by atoms with Crippen LogP contribution in [0, 0.1) is 5.92 Å². The molecule has 0 aromatic heterocycles. The SMILES string of the molecule is CCCCCCCCc1cccc(OC(C)OC(=O)C(CC)C[N+](C)(C)Cc2ccccc2)c1. The summed E-state index contributed by atoms with van der Waals surface area (Å²) >= 11 is 0. The molecule has 2 atom stereocenters. The van der Waals surface area contributed by atoms with Crippen molar-refractivity contribution in [3.63, 3.8) is 0 Å². The van der Waals surface area contributed by atoms with E-state index >= 15 is 0 Å². The average Bonchev–Trinajstić information content (AvgIpc) is 2.80. The minimum Gasteiger partial charge on any atom is -0.455 e. The number of carbonyl (C=O) groups is 1. The number of aryl methyl sites for hydroxylation is 1. The number of hydrogen-bond acceptors (Lipinski definition) is 3. The Balaban J connectivity index is 1.82. The van der Waals surface area contributed by atoms with E-state index in [2.05, 4.69) is 57.4 Å². The van der Waals surface area contributed by atoms with Crippen LogP contribution < -0.4 is 4.74 Å². The van der Waals surface area contributed by atoms with Crippen molar-refractivity contribution in [1.29, 1.82) is 0 Å². The van der Waals surface area contributed by atoms with Crippen LogP contribution in [0.4, 0.5) is 0 Å². The van der Waals surface area contributed by atoms with E-state index in [4.69, 9.17) is 9.47 Å². The van der Waals surface area contributed by atoms with Crippen molar-refractivity contribution in [3.8, 4) is 5.75 Å². The number of quaternary nitrogens is 1. The summed E-state index contributed by atoms with van der Waals surface area (Å²) in [7, 11) is 4.33. The molecule has 34 heavy (non-hydrogen) atoms. The molecule has 0 radical (unpaired) electrons. The average molecular weight is 469 g/mol. The number of carbonyl (C=O) groups excluding carboxylic acids is 1. The summed E-state index contributed by atoms with van der Waals surface area (Å²) in [5.41, 5.74) is 2.55. The van der Waals surface area contributed by atoms with E-state index in [1.54, 1.807) is 6.92 Å². The van der Waals surface area contributed by atoms with Crippen molar-refractivity contribution >= 4 is 5.97 Å². The number of hydrogen-bond donors (Lipinski definition) is 0. The Bertz CT molecular complexity index is 834. The van der Waals surface area contributed by atoms with Gasteiger partial charge in [-0.3, -0.25) is 4.79 Å². The molecule has 0 aliphatic carbocycles. The van der Waals surface area contributed by atoms with Crippen molar-refractivity contribution in [2.75, 3.05) is 20.6 Å². The van der Waals surface area contributed by atoms with Crippen molar-refractivity contribution in [2.45, 2.75) is 85.0 Å². The Morgan fingerprint density at radius 2 is 1.56 bits per heavy atom. The van der Waals surface area contributed by atoms with Gasteiger partial charge in [-0.25, -0.2) is 0 Å².